The maximum atomic E-state index is 13.2. The van der Waals surface area contributed by atoms with Gasteiger partial charge in [0.25, 0.3) is 0 Å². The summed E-state index contributed by atoms with van der Waals surface area (Å²) < 4.78 is 46.0. The van der Waals surface area contributed by atoms with E-state index in [1.165, 1.54) is 12.1 Å². The van der Waals surface area contributed by atoms with Crippen molar-refractivity contribution in [1.29, 1.82) is 0 Å². The Morgan fingerprint density at radius 3 is 2.13 bits per heavy atom. The number of anilines is 1. The van der Waals surface area contributed by atoms with Crippen LogP contribution in [0.4, 0.5) is 10.1 Å². The van der Waals surface area contributed by atoms with Crippen LogP contribution in [0.15, 0.2) is 83.8 Å². The van der Waals surface area contributed by atoms with Gasteiger partial charge < -0.3 is 9.64 Å². The highest BCUT2D eigenvalue weighted by molar-refractivity contribution is 7.89. The molecule has 0 aliphatic carbocycles. The van der Waals surface area contributed by atoms with Crippen LogP contribution >= 0.6 is 0 Å². The van der Waals surface area contributed by atoms with E-state index in [4.69, 9.17) is 4.74 Å². The van der Waals surface area contributed by atoms with Crippen LogP contribution in [-0.2, 0) is 14.8 Å². The van der Waals surface area contributed by atoms with Crippen LogP contribution in [0.1, 0.15) is 6.92 Å². The first-order valence-electron chi connectivity index (χ1n) is 9.78. The molecule has 3 aromatic carbocycles. The molecule has 1 saturated heterocycles. The second-order valence-electron chi connectivity index (χ2n) is 7.14. The zero-order valence-electron chi connectivity index (χ0n) is 16.8. The van der Waals surface area contributed by atoms with E-state index in [1.54, 1.807) is 36.1 Å². The first-order chi connectivity index (χ1) is 14.9. The summed E-state index contributed by atoms with van der Waals surface area (Å²) in [7, 11) is -3.91. The average molecular weight is 440 g/mol. The maximum Gasteiger partial charge on any atom is 0.245 e. The predicted molar refractivity (Wildman–Crippen MR) is 115 cm³/mol. The standard InChI is InChI=1S/C23H21FN2O4S/c1-17-23(27)25(15-16-26(17)31(28,29)22-13-7-18(24)8-14-22)19-9-11-21(12-10-19)30-20-5-3-2-4-6-20/h2-14,17H,15-16H2,1H3. The highest BCUT2D eigenvalue weighted by atomic mass is 32.2. The normalized spacial score (nSPS) is 17.5. The molecular formula is C23H21FN2O4S. The fraction of sp³-hybridized carbons (Fsp3) is 0.174. The largest absolute Gasteiger partial charge is 0.457 e. The van der Waals surface area contributed by atoms with Crippen LogP contribution in [0.2, 0.25) is 0 Å². The fourth-order valence-corrected chi connectivity index (χ4v) is 5.08. The Bertz CT molecular complexity index is 1170. The van der Waals surface area contributed by atoms with Crippen molar-refractivity contribution in [2.75, 3.05) is 18.0 Å². The maximum absolute atomic E-state index is 13.2. The third-order valence-electron chi connectivity index (χ3n) is 5.15. The minimum atomic E-state index is -3.91. The van der Waals surface area contributed by atoms with Crippen LogP contribution in [-0.4, -0.2) is 37.8 Å². The van der Waals surface area contributed by atoms with E-state index in [0.29, 0.717) is 17.2 Å². The van der Waals surface area contributed by atoms with Crippen molar-refractivity contribution in [3.8, 4) is 11.5 Å². The molecule has 0 aromatic heterocycles. The van der Waals surface area contributed by atoms with Gasteiger partial charge in [-0.2, -0.15) is 4.31 Å². The molecule has 4 rings (SSSR count). The van der Waals surface area contributed by atoms with E-state index in [0.717, 1.165) is 16.4 Å². The minimum absolute atomic E-state index is 0.0376. The Hall–Kier alpha value is -3.23. The first kappa shape index (κ1) is 21.0. The summed E-state index contributed by atoms with van der Waals surface area (Å²) >= 11 is 0. The molecule has 1 amide bonds. The van der Waals surface area contributed by atoms with Crippen LogP contribution in [0.25, 0.3) is 0 Å². The molecule has 0 bridgehead atoms. The lowest BCUT2D eigenvalue weighted by atomic mass is 10.2. The van der Waals surface area contributed by atoms with Gasteiger partial charge in [0.1, 0.15) is 23.4 Å². The summed E-state index contributed by atoms with van der Waals surface area (Å²) in [4.78, 5) is 14.5. The van der Waals surface area contributed by atoms with Crippen molar-refractivity contribution in [3.05, 3.63) is 84.7 Å². The zero-order chi connectivity index (χ0) is 22.0. The summed E-state index contributed by atoms with van der Waals surface area (Å²) in [5.41, 5.74) is 0.663. The Morgan fingerprint density at radius 2 is 1.48 bits per heavy atom. The van der Waals surface area contributed by atoms with Crippen molar-refractivity contribution in [2.45, 2.75) is 17.9 Å². The number of sulfonamides is 1. The topological polar surface area (TPSA) is 66.9 Å². The molecule has 160 valence electrons. The van der Waals surface area contributed by atoms with Gasteiger partial charge in [-0.15, -0.1) is 0 Å². The molecule has 1 fully saturated rings. The quantitative estimate of drug-likeness (QED) is 0.601. The van der Waals surface area contributed by atoms with E-state index in [1.807, 2.05) is 30.3 Å². The van der Waals surface area contributed by atoms with Crippen molar-refractivity contribution >= 4 is 21.6 Å². The Kier molecular flexibility index (Phi) is 5.75. The highest BCUT2D eigenvalue weighted by Crippen LogP contribution is 2.28. The lowest BCUT2D eigenvalue weighted by Crippen LogP contribution is -2.57. The number of para-hydroxylation sites is 1. The van der Waals surface area contributed by atoms with E-state index in [2.05, 4.69) is 0 Å². The second-order valence-corrected chi connectivity index (χ2v) is 9.04. The van der Waals surface area contributed by atoms with Gasteiger partial charge in [0.05, 0.1) is 4.90 Å². The van der Waals surface area contributed by atoms with Gasteiger partial charge >= 0.3 is 0 Å². The first-order valence-corrected chi connectivity index (χ1v) is 11.2. The molecule has 1 heterocycles. The van der Waals surface area contributed by atoms with Crippen LogP contribution < -0.4 is 9.64 Å². The van der Waals surface area contributed by atoms with E-state index >= 15 is 0 Å². The predicted octanol–water partition coefficient (Wildman–Crippen LogP) is 4.04. The van der Waals surface area contributed by atoms with Crippen LogP contribution in [0.3, 0.4) is 0 Å². The number of halogens is 1. The number of rotatable bonds is 5. The molecule has 1 aliphatic rings. The number of piperazine rings is 1. The number of carbonyl (C=O) groups excluding carboxylic acids is 1. The lowest BCUT2D eigenvalue weighted by molar-refractivity contribution is -0.123. The minimum Gasteiger partial charge on any atom is -0.457 e. The highest BCUT2D eigenvalue weighted by Gasteiger charge is 2.39. The molecule has 1 atom stereocenters. The molecule has 8 heteroatoms. The number of hydrogen-bond acceptors (Lipinski definition) is 4. The van der Waals surface area contributed by atoms with Gasteiger partial charge in [0.2, 0.25) is 15.9 Å². The Balaban J connectivity index is 1.49. The SMILES string of the molecule is CC1C(=O)N(c2ccc(Oc3ccccc3)cc2)CCN1S(=O)(=O)c1ccc(F)cc1. The molecule has 0 radical (unpaired) electrons. The number of carbonyl (C=O) groups is 1. The molecule has 0 saturated carbocycles. The van der Waals surface area contributed by atoms with Crippen LogP contribution in [0.5, 0.6) is 11.5 Å². The molecule has 0 N–H and O–H groups in total. The summed E-state index contributed by atoms with van der Waals surface area (Å²) in [5.74, 6) is 0.494. The Labute approximate surface area is 180 Å². The van der Waals surface area contributed by atoms with Gasteiger partial charge in [-0.05, 0) is 67.6 Å². The van der Waals surface area contributed by atoms with Gasteiger partial charge in [-0.1, -0.05) is 18.2 Å². The third kappa shape index (κ3) is 4.30. The van der Waals surface area contributed by atoms with E-state index in [-0.39, 0.29) is 23.9 Å². The van der Waals surface area contributed by atoms with Gasteiger partial charge in [-0.3, -0.25) is 4.79 Å². The Morgan fingerprint density at radius 1 is 0.871 bits per heavy atom. The van der Waals surface area contributed by atoms with Crippen molar-refractivity contribution in [3.63, 3.8) is 0 Å². The number of amides is 1. The lowest BCUT2D eigenvalue weighted by Gasteiger charge is -2.38. The van der Waals surface area contributed by atoms with Gasteiger partial charge in [-0.25, -0.2) is 12.8 Å². The average Bonchev–Trinajstić information content (AvgIpc) is 2.77. The van der Waals surface area contributed by atoms with Gasteiger partial charge in [0.15, 0.2) is 0 Å². The summed E-state index contributed by atoms with van der Waals surface area (Å²) in [6, 6.07) is 20.1. The smallest absolute Gasteiger partial charge is 0.245 e. The third-order valence-corrected chi connectivity index (χ3v) is 7.13. The molecule has 31 heavy (non-hydrogen) atoms. The van der Waals surface area contributed by atoms with E-state index < -0.39 is 21.9 Å². The monoisotopic (exact) mass is 440 g/mol. The summed E-state index contributed by atoms with van der Waals surface area (Å²) in [6.45, 7) is 1.90. The van der Waals surface area contributed by atoms with Crippen molar-refractivity contribution in [2.24, 2.45) is 0 Å². The molecule has 3 aromatic rings. The number of ether oxygens (including phenoxy) is 1. The zero-order valence-corrected chi connectivity index (χ0v) is 17.6. The molecule has 0 spiro atoms. The van der Waals surface area contributed by atoms with Crippen molar-refractivity contribution in [1.82, 2.24) is 4.31 Å². The van der Waals surface area contributed by atoms with E-state index in [9.17, 15) is 17.6 Å². The molecular weight excluding hydrogens is 419 g/mol. The fourth-order valence-electron chi connectivity index (χ4n) is 3.50. The number of nitrogens with zero attached hydrogens (tertiary/aromatic N) is 2. The molecule has 1 unspecified atom stereocenters. The van der Waals surface area contributed by atoms with Gasteiger partial charge in [0, 0.05) is 18.8 Å². The van der Waals surface area contributed by atoms with Crippen LogP contribution in [0, 0.1) is 5.82 Å². The summed E-state index contributed by atoms with van der Waals surface area (Å²) in [6.07, 6.45) is 0. The number of hydrogen-bond donors (Lipinski definition) is 0. The number of benzene rings is 3. The summed E-state index contributed by atoms with van der Waals surface area (Å²) in [5, 5.41) is 0. The van der Waals surface area contributed by atoms with Crippen molar-refractivity contribution < 1.29 is 22.3 Å². The second kappa shape index (κ2) is 8.49. The molecule has 1 aliphatic heterocycles. The molecule has 6 nitrogen and oxygen atoms in total.